The zero-order chi connectivity index (χ0) is 7.94. The van der Waals surface area contributed by atoms with Crippen molar-refractivity contribution in [1.82, 2.24) is 0 Å². The minimum absolute atomic E-state index is 0.0481. The van der Waals surface area contributed by atoms with Gasteiger partial charge in [0.25, 0.3) is 0 Å². The van der Waals surface area contributed by atoms with Crippen LogP contribution in [0.15, 0.2) is 0 Å². The highest BCUT2D eigenvalue weighted by molar-refractivity contribution is 6.17. The first-order chi connectivity index (χ1) is 5.43. The fraction of sp³-hybridized carbons (Fsp3) is 1.00. The summed E-state index contributed by atoms with van der Waals surface area (Å²) in [6.07, 6.45) is 4.41. The zero-order valence-corrected chi connectivity index (χ0v) is 7.48. The van der Waals surface area contributed by atoms with E-state index in [1.165, 1.54) is 12.8 Å². The summed E-state index contributed by atoms with van der Waals surface area (Å²) in [6, 6.07) is 0. The maximum absolute atomic E-state index is 5.50. The smallest absolute Gasteiger partial charge is 0.157 e. The Morgan fingerprint density at radius 1 is 1.45 bits per heavy atom. The molecule has 0 spiro atoms. The van der Waals surface area contributed by atoms with Crippen LogP contribution in [0, 0.1) is 0 Å². The van der Waals surface area contributed by atoms with Gasteiger partial charge in [-0.1, -0.05) is 0 Å². The highest BCUT2D eigenvalue weighted by Gasteiger charge is 2.12. The van der Waals surface area contributed by atoms with Crippen LogP contribution in [0.5, 0.6) is 0 Å². The molecule has 0 amide bonds. The van der Waals surface area contributed by atoms with E-state index in [0.29, 0.717) is 5.88 Å². The summed E-state index contributed by atoms with van der Waals surface area (Å²) in [5, 5.41) is 0. The summed E-state index contributed by atoms with van der Waals surface area (Å²) in [4.78, 5) is 0. The Morgan fingerprint density at radius 3 is 3.00 bits per heavy atom. The van der Waals surface area contributed by atoms with Crippen LogP contribution in [-0.4, -0.2) is 25.4 Å². The Hall–Kier alpha value is 0.210. The Kier molecular flexibility index (Phi) is 4.91. The van der Waals surface area contributed by atoms with Gasteiger partial charge >= 0.3 is 0 Å². The first-order valence-electron chi connectivity index (χ1n) is 4.22. The van der Waals surface area contributed by atoms with Crippen molar-refractivity contribution in [3.63, 3.8) is 0 Å². The number of rotatable bonds is 4. The number of ether oxygens (including phenoxy) is 2. The molecule has 1 heterocycles. The Morgan fingerprint density at radius 2 is 2.36 bits per heavy atom. The van der Waals surface area contributed by atoms with Gasteiger partial charge in [-0.05, 0) is 25.7 Å². The molecule has 0 aromatic carbocycles. The lowest BCUT2D eigenvalue weighted by atomic mass is 10.2. The maximum Gasteiger partial charge on any atom is 0.157 e. The monoisotopic (exact) mass is 178 g/mol. The van der Waals surface area contributed by atoms with Crippen LogP contribution in [0.25, 0.3) is 0 Å². The molecule has 1 aliphatic rings. The van der Waals surface area contributed by atoms with Crippen molar-refractivity contribution >= 4 is 11.6 Å². The predicted octanol–water partition coefficient (Wildman–Crippen LogP) is 2.16. The highest BCUT2D eigenvalue weighted by Crippen LogP contribution is 2.13. The second-order valence-corrected chi connectivity index (χ2v) is 3.09. The molecular weight excluding hydrogens is 164 g/mol. The molecule has 0 aromatic rings. The van der Waals surface area contributed by atoms with Gasteiger partial charge < -0.3 is 9.47 Å². The van der Waals surface area contributed by atoms with Crippen molar-refractivity contribution in [2.45, 2.75) is 32.0 Å². The SMILES string of the molecule is ClCCCO[C@@H]1CCCCO1. The summed E-state index contributed by atoms with van der Waals surface area (Å²) in [7, 11) is 0. The van der Waals surface area contributed by atoms with Crippen LogP contribution in [0.2, 0.25) is 0 Å². The molecule has 1 saturated heterocycles. The topological polar surface area (TPSA) is 18.5 Å². The van der Waals surface area contributed by atoms with Gasteiger partial charge in [0.2, 0.25) is 0 Å². The molecule has 11 heavy (non-hydrogen) atoms. The number of halogens is 1. The number of alkyl halides is 1. The molecule has 0 radical (unpaired) electrons. The molecule has 2 nitrogen and oxygen atoms in total. The zero-order valence-electron chi connectivity index (χ0n) is 6.72. The van der Waals surface area contributed by atoms with Gasteiger partial charge in [-0.2, -0.15) is 0 Å². The standard InChI is InChI=1S/C8H15ClO2/c9-5-3-7-11-8-4-1-2-6-10-8/h8H,1-7H2/t8-/m1/s1. The second-order valence-electron chi connectivity index (χ2n) is 2.71. The van der Waals surface area contributed by atoms with Crippen LogP contribution < -0.4 is 0 Å². The first kappa shape index (κ1) is 9.30. The van der Waals surface area contributed by atoms with Crippen LogP contribution in [0.3, 0.4) is 0 Å². The number of hydrogen-bond acceptors (Lipinski definition) is 2. The third-order valence-corrected chi connectivity index (χ3v) is 1.99. The molecule has 1 fully saturated rings. The average Bonchev–Trinajstić information content (AvgIpc) is 2.07. The van der Waals surface area contributed by atoms with Crippen LogP contribution in [0.1, 0.15) is 25.7 Å². The van der Waals surface area contributed by atoms with Crippen molar-refractivity contribution < 1.29 is 9.47 Å². The third kappa shape index (κ3) is 3.94. The van der Waals surface area contributed by atoms with Crippen molar-refractivity contribution in [1.29, 1.82) is 0 Å². The van der Waals surface area contributed by atoms with Crippen molar-refractivity contribution in [2.24, 2.45) is 0 Å². The van der Waals surface area contributed by atoms with Gasteiger partial charge in [0.1, 0.15) is 0 Å². The van der Waals surface area contributed by atoms with Gasteiger partial charge in [-0.25, -0.2) is 0 Å². The highest BCUT2D eigenvalue weighted by atomic mass is 35.5. The molecule has 3 heteroatoms. The quantitative estimate of drug-likeness (QED) is 0.485. The van der Waals surface area contributed by atoms with Gasteiger partial charge in [-0.3, -0.25) is 0 Å². The summed E-state index contributed by atoms with van der Waals surface area (Å²) < 4.78 is 10.8. The Bertz CT molecular complexity index is 92.1. The fourth-order valence-corrected chi connectivity index (χ4v) is 1.22. The lowest BCUT2D eigenvalue weighted by Gasteiger charge is -2.22. The molecule has 0 aromatic heterocycles. The molecule has 1 aliphatic heterocycles. The van der Waals surface area contributed by atoms with E-state index in [-0.39, 0.29) is 6.29 Å². The van der Waals surface area contributed by atoms with E-state index in [9.17, 15) is 0 Å². The molecule has 1 atom stereocenters. The van der Waals surface area contributed by atoms with Crippen LogP contribution in [-0.2, 0) is 9.47 Å². The maximum atomic E-state index is 5.50. The van der Waals surface area contributed by atoms with E-state index in [0.717, 1.165) is 26.1 Å². The summed E-state index contributed by atoms with van der Waals surface area (Å²) in [5.74, 6) is 0.673. The normalized spacial score (nSPS) is 25.4. The molecule has 0 unspecified atom stereocenters. The first-order valence-corrected chi connectivity index (χ1v) is 4.76. The van der Waals surface area contributed by atoms with Crippen molar-refractivity contribution in [3.8, 4) is 0 Å². The van der Waals surface area contributed by atoms with E-state index in [4.69, 9.17) is 21.1 Å². The van der Waals surface area contributed by atoms with Crippen molar-refractivity contribution in [2.75, 3.05) is 19.1 Å². The van der Waals surface area contributed by atoms with E-state index >= 15 is 0 Å². The lowest BCUT2D eigenvalue weighted by molar-refractivity contribution is -0.162. The fourth-order valence-electron chi connectivity index (χ4n) is 1.11. The van der Waals surface area contributed by atoms with Crippen molar-refractivity contribution in [3.05, 3.63) is 0 Å². The van der Waals surface area contributed by atoms with E-state index < -0.39 is 0 Å². The minimum atomic E-state index is 0.0481. The molecular formula is C8H15ClO2. The third-order valence-electron chi connectivity index (χ3n) is 1.72. The molecule has 66 valence electrons. The predicted molar refractivity (Wildman–Crippen MR) is 44.9 cm³/mol. The summed E-state index contributed by atoms with van der Waals surface area (Å²) >= 11 is 5.50. The average molecular weight is 179 g/mol. The molecule has 0 N–H and O–H groups in total. The second kappa shape index (κ2) is 5.81. The van der Waals surface area contributed by atoms with E-state index in [1.54, 1.807) is 0 Å². The molecule has 0 saturated carbocycles. The lowest BCUT2D eigenvalue weighted by Crippen LogP contribution is -2.22. The molecule has 1 rings (SSSR count). The van der Waals surface area contributed by atoms with Gasteiger partial charge in [-0.15, -0.1) is 11.6 Å². The van der Waals surface area contributed by atoms with Crippen LogP contribution >= 0.6 is 11.6 Å². The summed E-state index contributed by atoms with van der Waals surface area (Å²) in [5.41, 5.74) is 0. The van der Waals surface area contributed by atoms with Gasteiger partial charge in [0, 0.05) is 12.5 Å². The molecule has 0 aliphatic carbocycles. The van der Waals surface area contributed by atoms with Crippen LogP contribution in [0.4, 0.5) is 0 Å². The minimum Gasteiger partial charge on any atom is -0.353 e. The summed E-state index contributed by atoms with van der Waals surface area (Å²) in [6.45, 7) is 1.58. The Labute approximate surface area is 72.8 Å². The van der Waals surface area contributed by atoms with E-state index in [2.05, 4.69) is 0 Å². The molecule has 0 bridgehead atoms. The Balaban J connectivity index is 1.96. The largest absolute Gasteiger partial charge is 0.353 e. The van der Waals surface area contributed by atoms with Gasteiger partial charge in [0.05, 0.1) is 6.61 Å². The van der Waals surface area contributed by atoms with Gasteiger partial charge in [0.15, 0.2) is 6.29 Å². The van der Waals surface area contributed by atoms with E-state index in [1.807, 2.05) is 0 Å². The number of hydrogen-bond donors (Lipinski definition) is 0.